The minimum Gasteiger partial charge on any atom is -0.506 e. The van der Waals surface area contributed by atoms with E-state index in [0.717, 1.165) is 19.3 Å². The van der Waals surface area contributed by atoms with E-state index in [4.69, 9.17) is 0 Å². The molecule has 0 amide bonds. The van der Waals surface area contributed by atoms with Crippen molar-refractivity contribution in [3.63, 3.8) is 0 Å². The molecule has 0 fully saturated rings. The number of carbonyl (C=O) groups excluding carboxylic acids is 1. The summed E-state index contributed by atoms with van der Waals surface area (Å²) in [5.41, 5.74) is -1.18. The van der Waals surface area contributed by atoms with Gasteiger partial charge in [0.05, 0.1) is 5.71 Å². The summed E-state index contributed by atoms with van der Waals surface area (Å²) in [4.78, 5) is 27.4. The fraction of sp³-hybridized carbons (Fsp3) is 0.562. The molecule has 1 aromatic rings. The molecule has 0 saturated carbocycles. The molecule has 122 valence electrons. The van der Waals surface area contributed by atoms with Crippen LogP contribution in [0.2, 0.25) is 0 Å². The molecule has 1 aromatic heterocycles. The van der Waals surface area contributed by atoms with Crippen molar-refractivity contribution in [3.05, 3.63) is 21.5 Å². The molecule has 0 saturated heterocycles. The molecule has 0 aliphatic rings. The van der Waals surface area contributed by atoms with Gasteiger partial charge in [-0.25, -0.2) is 4.79 Å². The van der Waals surface area contributed by atoms with E-state index in [1.165, 1.54) is 19.8 Å². The highest BCUT2D eigenvalue weighted by atomic mass is 16.5. The number of hydrogen-bond acceptors (Lipinski definition) is 6. The molecule has 2 N–H and O–H groups in total. The van der Waals surface area contributed by atoms with Gasteiger partial charge in [-0.3, -0.25) is 9.79 Å². The molecule has 1 rings (SSSR count). The molecule has 0 aromatic carbocycles. The van der Waals surface area contributed by atoms with E-state index in [2.05, 4.69) is 16.3 Å². The number of aromatic hydroxyl groups is 2. The van der Waals surface area contributed by atoms with Crippen molar-refractivity contribution < 1.29 is 19.4 Å². The third-order valence-electron chi connectivity index (χ3n) is 3.41. The van der Waals surface area contributed by atoms with Crippen molar-refractivity contribution in [2.24, 2.45) is 4.99 Å². The highest BCUT2D eigenvalue weighted by Crippen LogP contribution is 2.28. The first kappa shape index (κ1) is 17.9. The van der Waals surface area contributed by atoms with E-state index in [9.17, 15) is 19.8 Å². The molecule has 22 heavy (non-hydrogen) atoms. The molecule has 0 aliphatic heterocycles. The summed E-state index contributed by atoms with van der Waals surface area (Å²) in [5.74, 6) is -2.04. The molecule has 1 heterocycles. The monoisotopic (exact) mass is 309 g/mol. The van der Waals surface area contributed by atoms with Gasteiger partial charge in [0.25, 0.3) is 5.95 Å². The van der Waals surface area contributed by atoms with Gasteiger partial charge in [0.2, 0.25) is 0 Å². The van der Waals surface area contributed by atoms with Crippen LogP contribution in [0.3, 0.4) is 0 Å². The maximum absolute atomic E-state index is 11.8. The van der Waals surface area contributed by atoms with Gasteiger partial charge in [-0.1, -0.05) is 32.6 Å². The lowest BCUT2D eigenvalue weighted by molar-refractivity contribution is 0.100. The van der Waals surface area contributed by atoms with Crippen LogP contribution in [0.15, 0.2) is 14.2 Å². The predicted molar refractivity (Wildman–Crippen MR) is 84.1 cm³/mol. The second-order valence-corrected chi connectivity index (χ2v) is 5.23. The summed E-state index contributed by atoms with van der Waals surface area (Å²) in [6.45, 7) is 5.41. The zero-order valence-corrected chi connectivity index (χ0v) is 13.3. The predicted octanol–water partition coefficient (Wildman–Crippen LogP) is 3.03. The van der Waals surface area contributed by atoms with Crippen LogP contribution in [0.4, 0.5) is 0 Å². The Morgan fingerprint density at radius 2 is 1.73 bits per heavy atom. The fourth-order valence-corrected chi connectivity index (χ4v) is 2.19. The van der Waals surface area contributed by atoms with E-state index >= 15 is 0 Å². The van der Waals surface area contributed by atoms with Crippen LogP contribution < -0.4 is 5.63 Å². The molecule has 0 unspecified atom stereocenters. The van der Waals surface area contributed by atoms with E-state index in [1.54, 1.807) is 6.92 Å². The highest BCUT2D eigenvalue weighted by Gasteiger charge is 2.23. The summed E-state index contributed by atoms with van der Waals surface area (Å²) in [5, 5.41) is 19.5. The summed E-state index contributed by atoms with van der Waals surface area (Å²) in [7, 11) is 0. The Labute approximate surface area is 129 Å². The number of Topliss-reactive ketones (excluding diaryl/α,β-unsaturated/α-hetero) is 1. The van der Waals surface area contributed by atoms with Crippen molar-refractivity contribution in [3.8, 4) is 11.7 Å². The lowest BCUT2D eigenvalue weighted by Crippen LogP contribution is -2.15. The van der Waals surface area contributed by atoms with Gasteiger partial charge in [0, 0.05) is 6.54 Å². The smallest absolute Gasteiger partial charge is 0.351 e. The number of aliphatic imine (C=N–C) groups is 1. The number of hydrogen-bond donors (Lipinski definition) is 2. The van der Waals surface area contributed by atoms with Gasteiger partial charge in [-0.15, -0.1) is 0 Å². The third-order valence-corrected chi connectivity index (χ3v) is 3.41. The van der Waals surface area contributed by atoms with Crippen LogP contribution in [-0.4, -0.2) is 28.3 Å². The van der Waals surface area contributed by atoms with Crippen LogP contribution in [0, 0.1) is 0 Å². The minimum atomic E-state index is -0.910. The Morgan fingerprint density at radius 1 is 1.09 bits per heavy atom. The van der Waals surface area contributed by atoms with Crippen molar-refractivity contribution >= 4 is 11.5 Å². The number of carbonyl (C=O) groups is 1. The maximum Gasteiger partial charge on any atom is 0.351 e. The molecule has 0 atom stereocenters. The first-order valence-electron chi connectivity index (χ1n) is 7.51. The fourth-order valence-electron chi connectivity index (χ4n) is 2.19. The lowest BCUT2D eigenvalue weighted by Gasteiger charge is -2.07. The van der Waals surface area contributed by atoms with Crippen LogP contribution in [-0.2, 0) is 0 Å². The van der Waals surface area contributed by atoms with Gasteiger partial charge >= 0.3 is 5.63 Å². The summed E-state index contributed by atoms with van der Waals surface area (Å²) in [6.07, 6.45) is 5.44. The number of nitrogens with zero attached hydrogens (tertiary/aromatic N) is 1. The normalized spacial score (nSPS) is 11.7. The highest BCUT2D eigenvalue weighted by molar-refractivity contribution is 6.06. The molecule has 0 radical (unpaired) electrons. The molecule has 6 nitrogen and oxygen atoms in total. The minimum absolute atomic E-state index is 0.170. The van der Waals surface area contributed by atoms with Gasteiger partial charge in [0.1, 0.15) is 16.9 Å². The number of ketones is 1. The summed E-state index contributed by atoms with van der Waals surface area (Å²) < 4.78 is 4.60. The average molecular weight is 309 g/mol. The zero-order valence-electron chi connectivity index (χ0n) is 13.3. The average Bonchev–Trinajstić information content (AvgIpc) is 2.41. The molecular weight excluding hydrogens is 286 g/mol. The first-order valence-corrected chi connectivity index (χ1v) is 7.51. The van der Waals surface area contributed by atoms with E-state index < -0.39 is 28.7 Å². The zero-order chi connectivity index (χ0) is 16.7. The Morgan fingerprint density at radius 3 is 2.32 bits per heavy atom. The lowest BCUT2D eigenvalue weighted by atomic mass is 10.1. The van der Waals surface area contributed by atoms with Crippen LogP contribution in [0.25, 0.3) is 0 Å². The van der Waals surface area contributed by atoms with Crippen molar-refractivity contribution in [2.45, 2.75) is 52.9 Å². The second-order valence-electron chi connectivity index (χ2n) is 5.23. The maximum atomic E-state index is 11.8. The topological polar surface area (TPSA) is 100 Å². The number of unbranched alkanes of at least 4 members (excludes halogenated alkanes) is 4. The van der Waals surface area contributed by atoms with E-state index in [1.807, 2.05) is 0 Å². The summed E-state index contributed by atoms with van der Waals surface area (Å²) in [6, 6.07) is 0. The third kappa shape index (κ3) is 4.44. The van der Waals surface area contributed by atoms with E-state index in [-0.39, 0.29) is 5.56 Å². The Hall–Kier alpha value is -2.11. The van der Waals surface area contributed by atoms with Gasteiger partial charge in [-0.2, -0.15) is 0 Å². The SMILES string of the molecule is CCCCCCCN=C(C)c1c(O)c(C(C)=O)c(O)oc1=O. The second kappa shape index (κ2) is 8.36. The van der Waals surface area contributed by atoms with Crippen molar-refractivity contribution in [1.29, 1.82) is 0 Å². The molecule has 0 aliphatic carbocycles. The van der Waals surface area contributed by atoms with Crippen LogP contribution in [0.1, 0.15) is 68.8 Å². The molecule has 0 bridgehead atoms. The Balaban J connectivity index is 2.94. The van der Waals surface area contributed by atoms with Gasteiger partial charge in [-0.05, 0) is 20.3 Å². The Kier molecular flexibility index (Phi) is 6.82. The van der Waals surface area contributed by atoms with E-state index in [0.29, 0.717) is 12.3 Å². The van der Waals surface area contributed by atoms with Gasteiger partial charge < -0.3 is 14.6 Å². The molecule has 0 spiro atoms. The Bertz CT molecular complexity index is 616. The molecular formula is C16H23NO5. The number of rotatable bonds is 8. The largest absolute Gasteiger partial charge is 0.506 e. The van der Waals surface area contributed by atoms with Crippen LogP contribution in [0.5, 0.6) is 11.7 Å². The summed E-state index contributed by atoms with van der Waals surface area (Å²) >= 11 is 0. The quantitative estimate of drug-likeness (QED) is 0.437. The van der Waals surface area contributed by atoms with Crippen molar-refractivity contribution in [2.75, 3.05) is 6.54 Å². The van der Waals surface area contributed by atoms with Crippen LogP contribution >= 0.6 is 0 Å². The standard InChI is InChI=1S/C16H23NO5/c1-4-5-6-7-8-9-17-10(2)12-14(19)13(11(3)18)16(21)22-15(12)20/h19,21H,4-9H2,1-3H3. The van der Waals surface area contributed by atoms with Gasteiger partial charge in [0.15, 0.2) is 5.78 Å². The molecule has 6 heteroatoms. The van der Waals surface area contributed by atoms with Crippen molar-refractivity contribution in [1.82, 2.24) is 0 Å². The first-order chi connectivity index (χ1) is 10.4.